The Balaban J connectivity index is 1.53. The highest BCUT2D eigenvalue weighted by molar-refractivity contribution is 5.91. The second kappa shape index (κ2) is 6.87. The highest BCUT2D eigenvalue weighted by atomic mass is 16.1. The second-order valence-electron chi connectivity index (χ2n) is 5.33. The Morgan fingerprint density at radius 3 is 3.00 bits per heavy atom. The number of carbonyl (C=O) groups excluding carboxylic acids is 1. The Labute approximate surface area is 134 Å². The van der Waals surface area contributed by atoms with E-state index in [-0.39, 0.29) is 5.91 Å². The Hall–Kier alpha value is -2.95. The Morgan fingerprint density at radius 2 is 2.13 bits per heavy atom. The molecule has 0 aliphatic carbocycles. The molecule has 0 aliphatic heterocycles. The summed E-state index contributed by atoms with van der Waals surface area (Å²) < 4.78 is 1.93. The molecule has 0 fully saturated rings. The molecule has 0 radical (unpaired) electrons. The fourth-order valence-corrected chi connectivity index (χ4v) is 2.36. The summed E-state index contributed by atoms with van der Waals surface area (Å²) >= 11 is 0. The number of pyridine rings is 1. The lowest BCUT2D eigenvalue weighted by atomic mass is 10.1. The quantitative estimate of drug-likeness (QED) is 0.736. The van der Waals surface area contributed by atoms with Crippen molar-refractivity contribution in [2.24, 2.45) is 0 Å². The van der Waals surface area contributed by atoms with Gasteiger partial charge >= 0.3 is 0 Å². The van der Waals surface area contributed by atoms with Crippen LogP contribution in [0.3, 0.4) is 0 Å². The second-order valence-corrected chi connectivity index (χ2v) is 5.33. The summed E-state index contributed by atoms with van der Waals surface area (Å²) in [7, 11) is 0. The summed E-state index contributed by atoms with van der Waals surface area (Å²) in [6.45, 7) is 2.55. The zero-order valence-corrected chi connectivity index (χ0v) is 12.9. The summed E-state index contributed by atoms with van der Waals surface area (Å²) in [5, 5.41) is 11.1. The van der Waals surface area contributed by atoms with Crippen molar-refractivity contribution in [1.82, 2.24) is 19.9 Å². The molecule has 5 heteroatoms. The number of hydrogen-bond donors (Lipinski definition) is 1. The first-order valence-corrected chi connectivity index (χ1v) is 7.53. The van der Waals surface area contributed by atoms with E-state index in [9.17, 15) is 4.79 Å². The molecule has 0 bridgehead atoms. The van der Waals surface area contributed by atoms with Gasteiger partial charge in [0.05, 0.1) is 0 Å². The van der Waals surface area contributed by atoms with Crippen LogP contribution >= 0.6 is 0 Å². The van der Waals surface area contributed by atoms with Crippen molar-refractivity contribution < 1.29 is 4.79 Å². The molecule has 0 atom stereocenters. The average Bonchev–Trinajstić information content (AvgIpc) is 2.97. The first-order chi connectivity index (χ1) is 11.2. The molecule has 0 saturated heterocycles. The van der Waals surface area contributed by atoms with E-state index in [4.69, 9.17) is 0 Å². The van der Waals surface area contributed by atoms with Crippen LogP contribution in [0.5, 0.6) is 0 Å². The lowest BCUT2D eigenvalue weighted by Crippen LogP contribution is -2.24. The first kappa shape index (κ1) is 15.0. The fourth-order valence-electron chi connectivity index (χ4n) is 2.36. The van der Waals surface area contributed by atoms with Crippen LogP contribution in [0.2, 0.25) is 0 Å². The number of aryl methyl sites for hydroxylation is 1. The minimum absolute atomic E-state index is 0.111. The zero-order valence-electron chi connectivity index (χ0n) is 12.9. The summed E-state index contributed by atoms with van der Waals surface area (Å²) in [5.74, 6) is 0.726. The van der Waals surface area contributed by atoms with E-state index in [1.165, 1.54) is 5.56 Å². The third-order valence-electron chi connectivity index (χ3n) is 3.50. The smallest absolute Gasteiger partial charge is 0.244 e. The van der Waals surface area contributed by atoms with E-state index >= 15 is 0 Å². The largest absolute Gasteiger partial charge is 0.352 e. The van der Waals surface area contributed by atoms with Gasteiger partial charge in [-0.3, -0.25) is 9.20 Å². The molecule has 1 aromatic carbocycles. The maximum Gasteiger partial charge on any atom is 0.244 e. The normalized spacial score (nSPS) is 11.2. The van der Waals surface area contributed by atoms with Crippen LogP contribution in [0.1, 0.15) is 17.0 Å². The minimum Gasteiger partial charge on any atom is -0.352 e. The Kier molecular flexibility index (Phi) is 4.47. The predicted octanol–water partition coefficient (Wildman–Crippen LogP) is 2.41. The Morgan fingerprint density at radius 1 is 1.22 bits per heavy atom. The summed E-state index contributed by atoms with van der Waals surface area (Å²) in [6.07, 6.45) is 5.92. The summed E-state index contributed by atoms with van der Waals surface area (Å²) in [4.78, 5) is 11.9. The molecule has 5 nitrogen and oxygen atoms in total. The number of carbonyl (C=O) groups is 1. The van der Waals surface area contributed by atoms with Crippen LogP contribution in [0.4, 0.5) is 0 Å². The molecule has 0 spiro atoms. The number of nitrogens with one attached hydrogen (secondary N) is 1. The third kappa shape index (κ3) is 3.83. The average molecular weight is 306 g/mol. The Bertz CT molecular complexity index is 851. The topological polar surface area (TPSA) is 59.3 Å². The fraction of sp³-hybridized carbons (Fsp3) is 0.167. The maximum atomic E-state index is 11.9. The monoisotopic (exact) mass is 306 g/mol. The van der Waals surface area contributed by atoms with Gasteiger partial charge < -0.3 is 5.32 Å². The van der Waals surface area contributed by atoms with Crippen molar-refractivity contribution in [2.45, 2.75) is 13.3 Å². The number of aromatic nitrogens is 3. The highest BCUT2D eigenvalue weighted by Crippen LogP contribution is 2.05. The summed E-state index contributed by atoms with van der Waals surface area (Å²) in [5.41, 5.74) is 3.00. The molecule has 0 aliphatic rings. The molecule has 1 amide bonds. The van der Waals surface area contributed by atoms with Crippen LogP contribution < -0.4 is 5.32 Å². The van der Waals surface area contributed by atoms with Gasteiger partial charge in [-0.05, 0) is 30.7 Å². The van der Waals surface area contributed by atoms with Crippen molar-refractivity contribution in [3.8, 4) is 0 Å². The van der Waals surface area contributed by atoms with Crippen molar-refractivity contribution in [2.75, 3.05) is 6.54 Å². The van der Waals surface area contributed by atoms with E-state index in [0.717, 1.165) is 17.0 Å². The molecule has 23 heavy (non-hydrogen) atoms. The molecule has 3 rings (SSSR count). The molecule has 2 aromatic heterocycles. The van der Waals surface area contributed by atoms with Crippen LogP contribution in [-0.2, 0) is 11.2 Å². The van der Waals surface area contributed by atoms with Crippen molar-refractivity contribution >= 4 is 17.6 Å². The number of hydrogen-bond acceptors (Lipinski definition) is 3. The van der Waals surface area contributed by atoms with Crippen LogP contribution in [-0.4, -0.2) is 27.0 Å². The SMILES string of the molecule is Cc1cccc(/C=C\C(=O)NCCc2nnc3ccccn23)c1. The maximum absolute atomic E-state index is 11.9. The van der Waals surface area contributed by atoms with Crippen molar-refractivity contribution in [1.29, 1.82) is 0 Å². The van der Waals surface area contributed by atoms with Gasteiger partial charge in [0.15, 0.2) is 5.65 Å². The van der Waals surface area contributed by atoms with Gasteiger partial charge in [0.1, 0.15) is 5.82 Å². The standard InChI is InChI=1S/C18H18N4O/c1-14-5-4-6-15(13-14)8-9-18(23)19-11-10-17-21-20-16-7-2-3-12-22(16)17/h2-9,12-13H,10-11H2,1H3,(H,19,23)/b9-8-. The lowest BCUT2D eigenvalue weighted by molar-refractivity contribution is -0.116. The van der Waals surface area contributed by atoms with E-state index in [0.29, 0.717) is 13.0 Å². The van der Waals surface area contributed by atoms with Gasteiger partial charge in [-0.1, -0.05) is 35.9 Å². The van der Waals surface area contributed by atoms with Crippen molar-refractivity contribution in [3.63, 3.8) is 0 Å². The number of nitrogens with zero attached hydrogens (tertiary/aromatic N) is 3. The molecule has 1 N–H and O–H groups in total. The van der Waals surface area contributed by atoms with Crippen LogP contribution in [0.15, 0.2) is 54.7 Å². The highest BCUT2D eigenvalue weighted by Gasteiger charge is 2.04. The van der Waals surface area contributed by atoms with Gasteiger partial charge in [0.25, 0.3) is 0 Å². The van der Waals surface area contributed by atoms with Gasteiger partial charge in [-0.25, -0.2) is 0 Å². The molecule has 0 unspecified atom stereocenters. The lowest BCUT2D eigenvalue weighted by Gasteiger charge is -2.01. The number of benzene rings is 1. The molecule has 2 heterocycles. The molecular weight excluding hydrogens is 288 g/mol. The van der Waals surface area contributed by atoms with Gasteiger partial charge in [0.2, 0.25) is 5.91 Å². The molecule has 0 saturated carbocycles. The van der Waals surface area contributed by atoms with E-state index in [1.54, 1.807) is 6.08 Å². The molecular formula is C18H18N4O. The third-order valence-corrected chi connectivity index (χ3v) is 3.50. The van der Waals surface area contributed by atoms with Gasteiger partial charge in [0, 0.05) is 25.2 Å². The van der Waals surface area contributed by atoms with E-state index in [2.05, 4.69) is 15.5 Å². The molecule has 3 aromatic rings. The van der Waals surface area contributed by atoms with Gasteiger partial charge in [-0.15, -0.1) is 10.2 Å². The first-order valence-electron chi connectivity index (χ1n) is 7.53. The number of fused-ring (bicyclic) bond motifs is 1. The number of rotatable bonds is 5. The van der Waals surface area contributed by atoms with E-state index < -0.39 is 0 Å². The molecule has 116 valence electrons. The van der Waals surface area contributed by atoms with Crippen LogP contribution in [0.25, 0.3) is 11.7 Å². The number of amides is 1. The minimum atomic E-state index is -0.111. The van der Waals surface area contributed by atoms with Crippen LogP contribution in [0, 0.1) is 6.92 Å². The zero-order chi connectivity index (χ0) is 16.1. The van der Waals surface area contributed by atoms with Gasteiger partial charge in [-0.2, -0.15) is 0 Å². The van der Waals surface area contributed by atoms with Crippen molar-refractivity contribution in [3.05, 3.63) is 71.7 Å². The summed E-state index contributed by atoms with van der Waals surface area (Å²) in [6, 6.07) is 13.8. The predicted molar refractivity (Wildman–Crippen MR) is 89.9 cm³/mol. The van der Waals surface area contributed by atoms with E-state index in [1.807, 2.05) is 66.1 Å².